The van der Waals surface area contributed by atoms with Crippen LogP contribution in [0.15, 0.2) is 6.07 Å². The van der Waals surface area contributed by atoms with E-state index in [9.17, 15) is 0 Å². The van der Waals surface area contributed by atoms with Crippen molar-refractivity contribution in [3.05, 3.63) is 11.8 Å². The van der Waals surface area contributed by atoms with Crippen LogP contribution >= 0.6 is 0 Å². The second-order valence-electron chi connectivity index (χ2n) is 6.80. The van der Waals surface area contributed by atoms with Gasteiger partial charge in [0.25, 0.3) is 0 Å². The molecule has 3 aliphatic rings. The molecule has 3 saturated heterocycles. The summed E-state index contributed by atoms with van der Waals surface area (Å²) in [6.07, 6.45) is 4.30. The number of nitrogens with zero attached hydrogens (tertiary/aromatic N) is 3. The fourth-order valence-corrected chi connectivity index (χ4v) is 3.67. The van der Waals surface area contributed by atoms with Crippen molar-refractivity contribution in [2.24, 2.45) is 0 Å². The number of aryl methyl sites for hydroxylation is 1. The molecule has 0 amide bonds. The molecule has 4 rings (SSSR count). The van der Waals surface area contributed by atoms with Crippen LogP contribution in [0.1, 0.15) is 31.4 Å². The van der Waals surface area contributed by atoms with Gasteiger partial charge in [-0.05, 0) is 19.8 Å². The lowest BCUT2D eigenvalue weighted by atomic mass is 10.0. The van der Waals surface area contributed by atoms with Crippen molar-refractivity contribution in [3.8, 4) is 0 Å². The lowest BCUT2D eigenvalue weighted by Gasteiger charge is -2.38. The Bertz CT molecular complexity index is 561. The summed E-state index contributed by atoms with van der Waals surface area (Å²) in [5.41, 5.74) is 0.975. The topological polar surface area (TPSA) is 68.7 Å². The largest absolute Gasteiger partial charge is 0.376 e. The zero-order valence-electron chi connectivity index (χ0n) is 14.3. The van der Waals surface area contributed by atoms with Crippen LogP contribution in [-0.2, 0) is 14.2 Å². The van der Waals surface area contributed by atoms with Crippen molar-refractivity contribution >= 4 is 11.8 Å². The molecule has 0 saturated carbocycles. The molecule has 0 aromatic carbocycles. The van der Waals surface area contributed by atoms with Crippen LogP contribution in [0.3, 0.4) is 0 Å². The van der Waals surface area contributed by atoms with Crippen LogP contribution in [0, 0.1) is 6.92 Å². The Labute approximate surface area is 142 Å². The Balaban J connectivity index is 1.39. The van der Waals surface area contributed by atoms with Crippen LogP contribution in [0.25, 0.3) is 0 Å². The highest BCUT2D eigenvalue weighted by Gasteiger charge is 2.40. The molecule has 7 heteroatoms. The van der Waals surface area contributed by atoms with E-state index in [0.717, 1.165) is 63.4 Å². The number of hydrogen-bond acceptors (Lipinski definition) is 7. The third-order valence-corrected chi connectivity index (χ3v) is 5.02. The minimum atomic E-state index is -0.348. The van der Waals surface area contributed by atoms with Crippen LogP contribution < -0.4 is 10.2 Å². The van der Waals surface area contributed by atoms with E-state index in [4.69, 9.17) is 19.2 Å². The monoisotopic (exact) mass is 334 g/mol. The van der Waals surface area contributed by atoms with E-state index in [-0.39, 0.29) is 11.9 Å². The molecule has 1 unspecified atom stereocenters. The second-order valence-corrected chi connectivity index (χ2v) is 6.80. The van der Waals surface area contributed by atoms with Gasteiger partial charge >= 0.3 is 0 Å². The maximum atomic E-state index is 5.80. The highest BCUT2D eigenvalue weighted by atomic mass is 16.7. The molecule has 0 radical (unpaired) electrons. The SMILES string of the molecule is Cc1cc(N2CCC3(CC2)OCCO3)nc(NCC2CCCO2)n1. The molecular weight excluding hydrogens is 308 g/mol. The van der Waals surface area contributed by atoms with Gasteiger partial charge in [-0.2, -0.15) is 4.98 Å². The average molecular weight is 334 g/mol. The standard InChI is InChI=1S/C17H26N4O3/c1-13-11-15(20-16(19-13)18-12-14-3-2-8-22-14)21-6-4-17(5-7-21)23-9-10-24-17/h11,14H,2-10,12H2,1H3,(H,18,19,20). The van der Waals surface area contributed by atoms with Gasteiger partial charge in [-0.15, -0.1) is 0 Å². The van der Waals surface area contributed by atoms with Crippen LogP contribution in [0.4, 0.5) is 11.8 Å². The van der Waals surface area contributed by atoms with Crippen molar-refractivity contribution in [3.63, 3.8) is 0 Å². The van der Waals surface area contributed by atoms with Gasteiger partial charge in [0.15, 0.2) is 5.79 Å². The van der Waals surface area contributed by atoms with E-state index < -0.39 is 0 Å². The summed E-state index contributed by atoms with van der Waals surface area (Å²) in [4.78, 5) is 11.5. The van der Waals surface area contributed by atoms with Gasteiger partial charge in [0.2, 0.25) is 5.95 Å². The lowest BCUT2D eigenvalue weighted by molar-refractivity contribution is -0.169. The number of nitrogens with one attached hydrogen (secondary N) is 1. The molecule has 24 heavy (non-hydrogen) atoms. The summed E-state index contributed by atoms with van der Waals surface area (Å²) in [6, 6.07) is 2.05. The van der Waals surface area contributed by atoms with Crippen LogP contribution in [0.5, 0.6) is 0 Å². The number of ether oxygens (including phenoxy) is 3. The predicted octanol–water partition coefficient (Wildman–Crippen LogP) is 1.72. The van der Waals surface area contributed by atoms with Gasteiger partial charge in [-0.3, -0.25) is 0 Å². The summed E-state index contributed by atoms with van der Waals surface area (Å²) in [5.74, 6) is 1.32. The Morgan fingerprint density at radius 1 is 1.21 bits per heavy atom. The average Bonchev–Trinajstić information content (AvgIpc) is 3.26. The van der Waals surface area contributed by atoms with Gasteiger partial charge in [-0.1, -0.05) is 0 Å². The van der Waals surface area contributed by atoms with Crippen molar-refractivity contribution < 1.29 is 14.2 Å². The van der Waals surface area contributed by atoms with Crippen LogP contribution in [0.2, 0.25) is 0 Å². The molecule has 1 aromatic heterocycles. The minimum Gasteiger partial charge on any atom is -0.376 e. The zero-order valence-corrected chi connectivity index (χ0v) is 14.3. The fourth-order valence-electron chi connectivity index (χ4n) is 3.67. The van der Waals surface area contributed by atoms with Gasteiger partial charge in [0, 0.05) is 50.8 Å². The van der Waals surface area contributed by atoms with E-state index in [1.165, 1.54) is 0 Å². The summed E-state index contributed by atoms with van der Waals surface area (Å²) in [7, 11) is 0. The molecule has 132 valence electrons. The first-order valence-electron chi connectivity index (χ1n) is 8.96. The van der Waals surface area contributed by atoms with Crippen LogP contribution in [-0.4, -0.2) is 61.3 Å². The number of hydrogen-bond donors (Lipinski definition) is 1. The predicted molar refractivity (Wildman–Crippen MR) is 90.3 cm³/mol. The maximum absolute atomic E-state index is 5.80. The molecule has 3 aliphatic heterocycles. The maximum Gasteiger partial charge on any atom is 0.224 e. The molecule has 3 fully saturated rings. The molecule has 1 atom stereocenters. The number of anilines is 2. The first-order chi connectivity index (χ1) is 11.7. The fraction of sp³-hybridized carbons (Fsp3) is 0.765. The van der Waals surface area contributed by atoms with Crippen molar-refractivity contribution in [1.29, 1.82) is 0 Å². The number of aromatic nitrogens is 2. The Morgan fingerprint density at radius 2 is 2.00 bits per heavy atom. The number of piperidine rings is 1. The van der Waals surface area contributed by atoms with Gasteiger partial charge in [0.05, 0.1) is 19.3 Å². The lowest BCUT2D eigenvalue weighted by Crippen LogP contribution is -2.45. The molecule has 0 aliphatic carbocycles. The molecule has 7 nitrogen and oxygen atoms in total. The van der Waals surface area contributed by atoms with E-state index >= 15 is 0 Å². The first kappa shape index (κ1) is 16.1. The molecule has 1 N–H and O–H groups in total. The summed E-state index contributed by atoms with van der Waals surface area (Å²) in [6.45, 7) is 6.85. The smallest absolute Gasteiger partial charge is 0.224 e. The Hall–Kier alpha value is -1.44. The first-order valence-corrected chi connectivity index (χ1v) is 8.96. The van der Waals surface area contributed by atoms with Gasteiger partial charge in [-0.25, -0.2) is 4.98 Å². The van der Waals surface area contributed by atoms with Crippen molar-refractivity contribution in [2.75, 3.05) is 49.7 Å². The molecule has 1 aromatic rings. The Kier molecular flexibility index (Phi) is 4.56. The molecule has 1 spiro atoms. The van der Waals surface area contributed by atoms with Crippen molar-refractivity contribution in [1.82, 2.24) is 9.97 Å². The summed E-state index contributed by atoms with van der Waals surface area (Å²) < 4.78 is 17.3. The minimum absolute atomic E-state index is 0.282. The normalized spacial score (nSPS) is 26.2. The van der Waals surface area contributed by atoms with Gasteiger partial charge < -0.3 is 24.4 Å². The molecule has 4 heterocycles. The molecular formula is C17H26N4O3. The summed E-state index contributed by atoms with van der Waals surface area (Å²) in [5, 5.41) is 3.33. The summed E-state index contributed by atoms with van der Waals surface area (Å²) >= 11 is 0. The third kappa shape index (κ3) is 3.48. The van der Waals surface area contributed by atoms with E-state index in [2.05, 4.69) is 15.2 Å². The van der Waals surface area contributed by atoms with E-state index in [1.54, 1.807) is 0 Å². The number of rotatable bonds is 4. The third-order valence-electron chi connectivity index (χ3n) is 5.02. The van der Waals surface area contributed by atoms with E-state index in [0.29, 0.717) is 19.2 Å². The highest BCUT2D eigenvalue weighted by molar-refractivity contribution is 5.45. The van der Waals surface area contributed by atoms with E-state index in [1.807, 2.05) is 13.0 Å². The van der Waals surface area contributed by atoms with Crippen molar-refractivity contribution in [2.45, 2.75) is 44.5 Å². The highest BCUT2D eigenvalue weighted by Crippen LogP contribution is 2.33. The second kappa shape index (κ2) is 6.82. The quantitative estimate of drug-likeness (QED) is 0.899. The Morgan fingerprint density at radius 3 is 2.71 bits per heavy atom. The van der Waals surface area contributed by atoms with Gasteiger partial charge in [0.1, 0.15) is 5.82 Å². The molecule has 0 bridgehead atoms. The zero-order chi connectivity index (χ0) is 16.4.